The number of rotatable bonds is 3. The van der Waals surface area contributed by atoms with Crippen molar-refractivity contribution in [2.75, 3.05) is 5.32 Å². The summed E-state index contributed by atoms with van der Waals surface area (Å²) in [5, 5.41) is 14.1. The number of halogens is 2. The zero-order valence-corrected chi connectivity index (χ0v) is 13.6. The lowest BCUT2D eigenvalue weighted by Crippen LogP contribution is -2.07. The molecule has 118 valence electrons. The summed E-state index contributed by atoms with van der Waals surface area (Å²) in [5.74, 6) is 0.193. The monoisotopic (exact) mass is 370 g/mol. The van der Waals surface area contributed by atoms with Crippen LogP contribution in [0.3, 0.4) is 0 Å². The minimum Gasteiger partial charge on any atom is -0.336 e. The maximum absolute atomic E-state index is 11.9. The number of anilines is 2. The molecule has 0 bridgehead atoms. The van der Waals surface area contributed by atoms with Crippen LogP contribution in [0, 0.1) is 0 Å². The van der Waals surface area contributed by atoms with Crippen LogP contribution in [0.25, 0.3) is 10.8 Å². The van der Waals surface area contributed by atoms with Gasteiger partial charge in [-0.3, -0.25) is 4.55 Å². The highest BCUT2D eigenvalue weighted by Crippen LogP contribution is 2.43. The van der Waals surface area contributed by atoms with E-state index in [0.717, 1.165) is 0 Å². The quantitative estimate of drug-likeness (QED) is 0.681. The summed E-state index contributed by atoms with van der Waals surface area (Å²) in [6.07, 6.45) is 1.36. The van der Waals surface area contributed by atoms with Gasteiger partial charge >= 0.3 is 0 Å². The van der Waals surface area contributed by atoms with Gasteiger partial charge < -0.3 is 5.32 Å². The third kappa shape index (κ3) is 2.93. The lowest BCUT2D eigenvalue weighted by molar-refractivity contribution is 0.484. The lowest BCUT2D eigenvalue weighted by atomic mass is 10.1. The van der Waals surface area contributed by atoms with Crippen molar-refractivity contribution in [2.24, 2.45) is 0 Å². The molecule has 0 fully saturated rings. The molecule has 0 saturated heterocycles. The largest absolute Gasteiger partial charge is 0.336 e. The number of aromatic nitrogens is 3. The summed E-state index contributed by atoms with van der Waals surface area (Å²) < 4.78 is 33.4. The second kappa shape index (κ2) is 5.89. The van der Waals surface area contributed by atoms with Gasteiger partial charge in [0.1, 0.15) is 4.90 Å². The molecule has 0 amide bonds. The molecule has 0 aliphatic carbocycles. The van der Waals surface area contributed by atoms with E-state index in [2.05, 4.69) is 20.7 Å². The van der Waals surface area contributed by atoms with E-state index in [1.807, 2.05) is 0 Å². The Bertz CT molecular complexity index is 997. The number of nitrogens with zero attached hydrogens (tertiary/aromatic N) is 3. The van der Waals surface area contributed by atoms with Crippen LogP contribution in [0.2, 0.25) is 10.0 Å². The van der Waals surface area contributed by atoms with Crippen LogP contribution >= 0.6 is 23.2 Å². The van der Waals surface area contributed by atoms with E-state index in [4.69, 9.17) is 23.2 Å². The Labute approximate surface area is 141 Å². The molecule has 0 aliphatic heterocycles. The van der Waals surface area contributed by atoms with Crippen LogP contribution in [-0.4, -0.2) is 28.4 Å². The zero-order valence-electron chi connectivity index (χ0n) is 11.2. The third-order valence-electron chi connectivity index (χ3n) is 3.06. The van der Waals surface area contributed by atoms with Gasteiger partial charge in [-0.25, -0.2) is 0 Å². The van der Waals surface area contributed by atoms with E-state index in [1.54, 1.807) is 18.2 Å². The molecule has 7 nitrogen and oxygen atoms in total. The van der Waals surface area contributed by atoms with Crippen LogP contribution in [-0.2, 0) is 10.1 Å². The molecule has 0 radical (unpaired) electrons. The Morgan fingerprint density at radius 2 is 1.74 bits per heavy atom. The van der Waals surface area contributed by atoms with Gasteiger partial charge in [0.25, 0.3) is 10.1 Å². The normalized spacial score (nSPS) is 11.6. The van der Waals surface area contributed by atoms with Crippen molar-refractivity contribution in [1.29, 1.82) is 0 Å². The van der Waals surface area contributed by atoms with E-state index in [9.17, 15) is 13.0 Å². The SMILES string of the molecule is O=S(=O)(O)c1c(Nc2ccnnn2)c(Cl)c(Cl)c2ccccc12. The fraction of sp³-hybridized carbons (Fsp3) is 0. The molecule has 1 heterocycles. The summed E-state index contributed by atoms with van der Waals surface area (Å²) in [6.45, 7) is 0. The van der Waals surface area contributed by atoms with Crippen molar-refractivity contribution in [3.8, 4) is 0 Å². The molecule has 0 saturated carbocycles. The Morgan fingerprint density at radius 1 is 1.04 bits per heavy atom. The van der Waals surface area contributed by atoms with Gasteiger partial charge in [0, 0.05) is 16.8 Å². The fourth-order valence-electron chi connectivity index (χ4n) is 2.15. The predicted molar refractivity (Wildman–Crippen MR) is 86.9 cm³/mol. The van der Waals surface area contributed by atoms with Gasteiger partial charge in [-0.2, -0.15) is 8.42 Å². The van der Waals surface area contributed by atoms with E-state index >= 15 is 0 Å². The maximum Gasteiger partial charge on any atom is 0.297 e. The summed E-state index contributed by atoms with van der Waals surface area (Å²) in [4.78, 5) is -0.388. The Kier molecular flexibility index (Phi) is 4.07. The maximum atomic E-state index is 11.9. The first-order valence-electron chi connectivity index (χ1n) is 6.18. The third-order valence-corrected chi connectivity index (χ3v) is 4.87. The summed E-state index contributed by atoms with van der Waals surface area (Å²) in [6, 6.07) is 7.88. The molecule has 0 unspecified atom stereocenters. The van der Waals surface area contributed by atoms with Crippen molar-refractivity contribution < 1.29 is 13.0 Å². The van der Waals surface area contributed by atoms with Gasteiger partial charge in [0.2, 0.25) is 0 Å². The molecule has 0 atom stereocenters. The van der Waals surface area contributed by atoms with Gasteiger partial charge in [-0.05, 0) is 5.21 Å². The van der Waals surface area contributed by atoms with Crippen molar-refractivity contribution in [1.82, 2.24) is 15.4 Å². The van der Waals surface area contributed by atoms with E-state index < -0.39 is 10.1 Å². The smallest absolute Gasteiger partial charge is 0.297 e. The highest BCUT2D eigenvalue weighted by Gasteiger charge is 2.25. The minimum atomic E-state index is -4.59. The molecular formula is C13H8Cl2N4O3S. The van der Waals surface area contributed by atoms with E-state index in [-0.39, 0.29) is 31.8 Å². The molecule has 3 aromatic rings. The summed E-state index contributed by atoms with van der Waals surface area (Å²) in [7, 11) is -4.59. The molecular weight excluding hydrogens is 363 g/mol. The molecule has 0 aliphatic rings. The summed E-state index contributed by atoms with van der Waals surface area (Å²) in [5.41, 5.74) is -0.0848. The van der Waals surface area contributed by atoms with Gasteiger partial charge in [-0.1, -0.05) is 47.5 Å². The highest BCUT2D eigenvalue weighted by molar-refractivity contribution is 7.86. The molecule has 2 aromatic carbocycles. The molecule has 2 N–H and O–H groups in total. The van der Waals surface area contributed by atoms with Crippen LogP contribution in [0.1, 0.15) is 0 Å². The van der Waals surface area contributed by atoms with E-state index in [1.165, 1.54) is 18.3 Å². The van der Waals surface area contributed by atoms with E-state index in [0.29, 0.717) is 5.39 Å². The molecule has 23 heavy (non-hydrogen) atoms. The summed E-state index contributed by atoms with van der Waals surface area (Å²) >= 11 is 12.4. The fourth-order valence-corrected chi connectivity index (χ4v) is 3.58. The van der Waals surface area contributed by atoms with Crippen LogP contribution in [0.4, 0.5) is 11.5 Å². The topological polar surface area (TPSA) is 105 Å². The Morgan fingerprint density at radius 3 is 2.35 bits per heavy atom. The standard InChI is InChI=1S/C13H8Cl2N4O3S/c14-10-7-3-1-2-4-8(7)13(23(20,21)22)12(11(10)15)17-9-5-6-16-19-18-9/h1-6H,(H,16,17,18)(H,20,21,22). The van der Waals surface area contributed by atoms with Crippen molar-refractivity contribution in [2.45, 2.75) is 4.90 Å². The number of hydrogen-bond donors (Lipinski definition) is 2. The zero-order chi connectivity index (χ0) is 16.6. The van der Waals surface area contributed by atoms with Crippen LogP contribution < -0.4 is 5.32 Å². The van der Waals surface area contributed by atoms with Crippen LogP contribution in [0.5, 0.6) is 0 Å². The molecule has 0 spiro atoms. The molecule has 3 rings (SSSR count). The second-order valence-electron chi connectivity index (χ2n) is 4.48. The van der Waals surface area contributed by atoms with Crippen LogP contribution in [0.15, 0.2) is 41.4 Å². The predicted octanol–water partition coefficient (Wildman–Crippen LogP) is 3.32. The van der Waals surface area contributed by atoms with Crippen molar-refractivity contribution >= 4 is 55.6 Å². The van der Waals surface area contributed by atoms with Gasteiger partial charge in [-0.15, -0.1) is 10.2 Å². The first-order chi connectivity index (χ1) is 10.9. The van der Waals surface area contributed by atoms with Crippen molar-refractivity contribution in [3.05, 3.63) is 46.6 Å². The first kappa shape index (κ1) is 15.9. The minimum absolute atomic E-state index is 0.0587. The number of benzene rings is 2. The Balaban J connectivity index is 2.38. The number of hydrogen-bond acceptors (Lipinski definition) is 6. The van der Waals surface area contributed by atoms with Gasteiger partial charge in [0.05, 0.1) is 21.9 Å². The second-order valence-corrected chi connectivity index (χ2v) is 6.60. The average molecular weight is 371 g/mol. The number of nitrogens with one attached hydrogen (secondary N) is 1. The first-order valence-corrected chi connectivity index (χ1v) is 8.38. The van der Waals surface area contributed by atoms with Crippen molar-refractivity contribution in [3.63, 3.8) is 0 Å². The average Bonchev–Trinajstić information content (AvgIpc) is 2.52. The molecule has 1 aromatic heterocycles. The molecule has 10 heteroatoms. The number of fused-ring (bicyclic) bond motifs is 1. The lowest BCUT2D eigenvalue weighted by Gasteiger charge is -2.15. The Hall–Kier alpha value is -2.00. The highest BCUT2D eigenvalue weighted by atomic mass is 35.5. The van der Waals surface area contributed by atoms with Gasteiger partial charge in [0.15, 0.2) is 5.82 Å².